The van der Waals surface area contributed by atoms with Gasteiger partial charge in [0.15, 0.2) is 5.82 Å². The smallest absolute Gasteiger partial charge is 0.254 e. The number of hydrogen-bond acceptors (Lipinski definition) is 5. The van der Waals surface area contributed by atoms with E-state index in [1.807, 2.05) is 35.7 Å². The minimum Gasteiger partial charge on any atom is -0.360 e. The lowest BCUT2D eigenvalue weighted by molar-refractivity contribution is -0.119. The molecule has 1 N–H and O–H groups in total. The van der Waals surface area contributed by atoms with Gasteiger partial charge in [-0.05, 0) is 30.0 Å². The number of nitrogens with zero attached hydrogens (tertiary/aromatic N) is 2. The molecule has 0 fully saturated rings. The number of rotatable bonds is 3. The van der Waals surface area contributed by atoms with Crippen molar-refractivity contribution >= 4 is 29.0 Å². The predicted molar refractivity (Wildman–Crippen MR) is 98.2 cm³/mol. The van der Waals surface area contributed by atoms with E-state index in [-0.39, 0.29) is 17.9 Å². The highest BCUT2D eigenvalue weighted by Crippen LogP contribution is 2.43. The van der Waals surface area contributed by atoms with E-state index < -0.39 is 5.92 Å². The van der Waals surface area contributed by atoms with Crippen LogP contribution in [0.5, 0.6) is 0 Å². The zero-order chi connectivity index (χ0) is 18.3. The highest BCUT2D eigenvalue weighted by atomic mass is 32.1. The van der Waals surface area contributed by atoms with Crippen LogP contribution >= 0.6 is 11.3 Å². The molecule has 7 heteroatoms. The predicted octanol–water partition coefficient (Wildman–Crippen LogP) is 3.59. The molecule has 0 saturated carbocycles. The number of likely N-dealkylation sites (N-methyl/N-ethyl adjacent to an activating group) is 1. The van der Waals surface area contributed by atoms with Gasteiger partial charge < -0.3 is 14.7 Å². The fraction of sp³-hybridized carbons (Fsp3) is 0.211. The highest BCUT2D eigenvalue weighted by Gasteiger charge is 2.43. The van der Waals surface area contributed by atoms with Crippen molar-refractivity contribution in [3.8, 4) is 0 Å². The lowest BCUT2D eigenvalue weighted by Gasteiger charge is -2.38. The zero-order valence-corrected chi connectivity index (χ0v) is 15.1. The van der Waals surface area contributed by atoms with Crippen molar-refractivity contribution in [2.75, 3.05) is 12.4 Å². The first kappa shape index (κ1) is 16.5. The maximum atomic E-state index is 13.2. The van der Waals surface area contributed by atoms with Crippen molar-refractivity contribution in [1.29, 1.82) is 0 Å². The van der Waals surface area contributed by atoms with Crippen molar-refractivity contribution in [1.82, 2.24) is 10.1 Å². The third kappa shape index (κ3) is 2.70. The molecule has 6 nitrogen and oxygen atoms in total. The Morgan fingerprint density at radius 1 is 1.27 bits per heavy atom. The van der Waals surface area contributed by atoms with Crippen molar-refractivity contribution < 1.29 is 14.1 Å². The summed E-state index contributed by atoms with van der Waals surface area (Å²) in [5.41, 5.74) is 1.28. The van der Waals surface area contributed by atoms with Gasteiger partial charge in [-0.1, -0.05) is 29.4 Å². The van der Waals surface area contributed by atoms with Crippen molar-refractivity contribution in [3.05, 3.63) is 69.6 Å². The van der Waals surface area contributed by atoms with Crippen LogP contribution in [0.25, 0.3) is 0 Å². The van der Waals surface area contributed by atoms with Crippen LogP contribution in [0.15, 0.2) is 52.4 Å². The monoisotopic (exact) mass is 367 g/mol. The summed E-state index contributed by atoms with van der Waals surface area (Å²) in [6, 6.07) is 12.4. The van der Waals surface area contributed by atoms with Gasteiger partial charge in [0, 0.05) is 23.6 Å². The molecule has 26 heavy (non-hydrogen) atoms. The number of nitrogens with one attached hydrogen (secondary N) is 1. The fourth-order valence-corrected chi connectivity index (χ4v) is 4.31. The van der Waals surface area contributed by atoms with Crippen LogP contribution in [0.2, 0.25) is 0 Å². The third-order valence-electron chi connectivity index (χ3n) is 4.58. The minimum atomic E-state index is -0.537. The number of aromatic nitrogens is 1. The number of amides is 2. The van der Waals surface area contributed by atoms with Gasteiger partial charge in [0.05, 0.1) is 12.0 Å². The molecule has 4 rings (SSSR count). The third-order valence-corrected chi connectivity index (χ3v) is 5.52. The number of anilines is 1. The first-order valence-electron chi connectivity index (χ1n) is 8.20. The van der Waals surface area contributed by atoms with Gasteiger partial charge in [0.1, 0.15) is 5.76 Å². The number of carbonyl (C=O) groups is 2. The summed E-state index contributed by atoms with van der Waals surface area (Å²) in [5, 5.41) is 8.62. The molecule has 2 atom stereocenters. The van der Waals surface area contributed by atoms with Crippen molar-refractivity contribution in [2.45, 2.75) is 18.9 Å². The second kappa shape index (κ2) is 6.42. The SMILES string of the molecule is Cc1cc(NC(=O)C2c3ccccc3C(=O)N(C)C2c2cccs2)no1. The molecule has 0 aliphatic carbocycles. The molecule has 3 heterocycles. The average molecular weight is 367 g/mol. The van der Waals surface area contributed by atoms with Gasteiger partial charge in [-0.3, -0.25) is 9.59 Å². The molecule has 0 saturated heterocycles. The summed E-state index contributed by atoms with van der Waals surface area (Å²) in [6.07, 6.45) is 0. The molecular weight excluding hydrogens is 350 g/mol. The number of thiophene rings is 1. The summed E-state index contributed by atoms with van der Waals surface area (Å²) in [6.45, 7) is 1.76. The average Bonchev–Trinajstić information content (AvgIpc) is 3.29. The summed E-state index contributed by atoms with van der Waals surface area (Å²) in [5.74, 6) is 0.147. The quantitative estimate of drug-likeness (QED) is 0.767. The molecular formula is C19H17N3O3S. The second-order valence-corrected chi connectivity index (χ2v) is 7.23. The van der Waals surface area contributed by atoms with E-state index in [2.05, 4.69) is 10.5 Å². The maximum absolute atomic E-state index is 13.2. The van der Waals surface area contributed by atoms with Gasteiger partial charge in [0.2, 0.25) is 5.91 Å². The second-order valence-electron chi connectivity index (χ2n) is 6.25. The van der Waals surface area contributed by atoms with Crippen LogP contribution in [0.4, 0.5) is 5.82 Å². The van der Waals surface area contributed by atoms with Crippen LogP contribution in [0.3, 0.4) is 0 Å². The van der Waals surface area contributed by atoms with E-state index >= 15 is 0 Å². The standard InChI is InChI=1S/C19H17N3O3S/c1-11-10-15(21-25-11)20-18(23)16-12-6-3-4-7-13(12)19(24)22(2)17(16)14-8-5-9-26-14/h3-10,16-17H,1-2H3,(H,20,21,23). The van der Waals surface area contributed by atoms with E-state index in [0.29, 0.717) is 17.1 Å². The van der Waals surface area contributed by atoms with Crippen molar-refractivity contribution in [3.63, 3.8) is 0 Å². The topological polar surface area (TPSA) is 75.4 Å². The molecule has 132 valence electrons. The van der Waals surface area contributed by atoms with Gasteiger partial charge in [-0.15, -0.1) is 11.3 Å². The molecule has 2 amide bonds. The van der Waals surface area contributed by atoms with E-state index in [4.69, 9.17) is 4.52 Å². The largest absolute Gasteiger partial charge is 0.360 e. The van der Waals surface area contributed by atoms with Gasteiger partial charge in [0.25, 0.3) is 5.91 Å². The fourth-order valence-electron chi connectivity index (χ4n) is 3.40. The Hall–Kier alpha value is -2.93. The molecule has 1 aromatic carbocycles. The summed E-state index contributed by atoms with van der Waals surface area (Å²) < 4.78 is 5.03. The molecule has 2 aromatic heterocycles. The molecule has 0 radical (unpaired) electrons. The Morgan fingerprint density at radius 2 is 2.08 bits per heavy atom. The van der Waals surface area contributed by atoms with Crippen LogP contribution in [0, 0.1) is 6.92 Å². The highest BCUT2D eigenvalue weighted by molar-refractivity contribution is 7.10. The lowest BCUT2D eigenvalue weighted by atomic mass is 9.82. The van der Waals surface area contributed by atoms with Crippen LogP contribution < -0.4 is 5.32 Å². The number of aryl methyl sites for hydroxylation is 1. The first-order valence-corrected chi connectivity index (χ1v) is 9.08. The van der Waals surface area contributed by atoms with E-state index in [9.17, 15) is 9.59 Å². The van der Waals surface area contributed by atoms with Crippen LogP contribution in [0.1, 0.15) is 38.5 Å². The zero-order valence-electron chi connectivity index (χ0n) is 14.3. The van der Waals surface area contributed by atoms with Crippen LogP contribution in [-0.2, 0) is 4.79 Å². The van der Waals surface area contributed by atoms with E-state index in [1.165, 1.54) is 11.3 Å². The molecule has 2 unspecified atom stereocenters. The number of carbonyl (C=O) groups excluding carboxylic acids is 2. The molecule has 0 spiro atoms. The number of hydrogen-bond donors (Lipinski definition) is 1. The number of benzene rings is 1. The Morgan fingerprint density at radius 3 is 2.77 bits per heavy atom. The van der Waals surface area contributed by atoms with Crippen LogP contribution in [-0.4, -0.2) is 28.9 Å². The van der Waals surface area contributed by atoms with E-state index in [0.717, 1.165) is 10.4 Å². The molecule has 1 aliphatic rings. The maximum Gasteiger partial charge on any atom is 0.254 e. The Balaban J connectivity index is 1.80. The first-order chi connectivity index (χ1) is 12.6. The lowest BCUT2D eigenvalue weighted by Crippen LogP contribution is -2.43. The minimum absolute atomic E-state index is 0.0830. The van der Waals surface area contributed by atoms with Gasteiger partial charge >= 0.3 is 0 Å². The molecule has 1 aliphatic heterocycles. The summed E-state index contributed by atoms with van der Waals surface area (Å²) >= 11 is 1.53. The Bertz CT molecular complexity index is 964. The Labute approximate surface area is 154 Å². The van der Waals surface area contributed by atoms with Gasteiger partial charge in [-0.25, -0.2) is 0 Å². The molecule has 0 bridgehead atoms. The summed E-state index contributed by atoms with van der Waals surface area (Å²) in [7, 11) is 1.74. The van der Waals surface area contributed by atoms with Gasteiger partial charge in [-0.2, -0.15) is 0 Å². The Kier molecular flexibility index (Phi) is 4.08. The van der Waals surface area contributed by atoms with E-state index in [1.54, 1.807) is 31.0 Å². The number of fused-ring (bicyclic) bond motifs is 1. The molecule has 3 aromatic rings. The van der Waals surface area contributed by atoms with Crippen molar-refractivity contribution in [2.24, 2.45) is 0 Å². The summed E-state index contributed by atoms with van der Waals surface area (Å²) in [4.78, 5) is 28.6. The normalized spacial score (nSPS) is 19.3.